The van der Waals surface area contributed by atoms with Crippen LogP contribution in [0.1, 0.15) is 32.6 Å². The second-order valence-electron chi connectivity index (χ2n) is 12.7. The molecule has 0 bridgehead atoms. The number of piperazine rings is 1. The fraction of sp³-hybridized carbons (Fsp3) is 0.469. The Morgan fingerprint density at radius 3 is 2.64 bits per heavy atom. The van der Waals surface area contributed by atoms with E-state index in [9.17, 15) is 22.7 Å². The maximum atomic E-state index is 16.8. The zero-order valence-corrected chi connectivity index (χ0v) is 25.2. The molecule has 248 valence electrons. The number of phenols is 1. The van der Waals surface area contributed by atoms with Crippen LogP contribution in [-0.4, -0.2) is 88.1 Å². The molecule has 8 rings (SSSR count). The predicted octanol–water partition coefficient (Wildman–Crippen LogP) is 5.15. The van der Waals surface area contributed by atoms with Gasteiger partial charge in [0.2, 0.25) is 5.88 Å². The minimum atomic E-state index is -2.10. The number of ether oxygens (including phenoxy) is 2. The van der Waals surface area contributed by atoms with Crippen LogP contribution in [0.15, 0.2) is 12.1 Å². The van der Waals surface area contributed by atoms with Gasteiger partial charge in [-0.05, 0) is 37.9 Å². The van der Waals surface area contributed by atoms with Crippen LogP contribution in [0.4, 0.5) is 32.2 Å². The van der Waals surface area contributed by atoms with Gasteiger partial charge in [-0.15, -0.1) is 0 Å². The third-order valence-electron chi connectivity index (χ3n) is 10.1. The number of pyridine rings is 1. The Bertz CT molecular complexity index is 1950. The number of hydrogen-bond donors (Lipinski definition) is 2. The van der Waals surface area contributed by atoms with E-state index in [0.717, 1.165) is 31.9 Å². The monoisotopic (exact) mass is 660 g/mol. The maximum Gasteiger partial charge on any atom is 0.319 e. The zero-order chi connectivity index (χ0) is 32.8. The Morgan fingerprint density at radius 2 is 1.83 bits per heavy atom. The number of phenolic OH excluding ortho intramolecular Hbond substituents is 1. The summed E-state index contributed by atoms with van der Waals surface area (Å²) in [6, 6.07) is 1.10. The minimum Gasteiger partial charge on any atom is -0.508 e. The van der Waals surface area contributed by atoms with Crippen molar-refractivity contribution in [3.8, 4) is 28.9 Å². The fourth-order valence-corrected chi connectivity index (χ4v) is 7.89. The van der Waals surface area contributed by atoms with Crippen molar-refractivity contribution in [1.29, 1.82) is 0 Å². The second kappa shape index (κ2) is 11.0. The average molecular weight is 661 g/mol. The van der Waals surface area contributed by atoms with Gasteiger partial charge in [0.15, 0.2) is 29.1 Å². The number of aromatic hydroxyl groups is 1. The number of benzene rings is 2. The summed E-state index contributed by atoms with van der Waals surface area (Å²) in [5.41, 5.74) is -2.07. The molecule has 0 unspecified atom stereocenters. The molecule has 4 aromatic rings. The van der Waals surface area contributed by atoms with Crippen molar-refractivity contribution in [2.24, 2.45) is 0 Å². The van der Waals surface area contributed by atoms with E-state index in [0.29, 0.717) is 31.5 Å². The van der Waals surface area contributed by atoms with E-state index in [2.05, 4.69) is 20.2 Å². The number of aromatic nitrogens is 3. The number of hydrogen-bond acceptors (Lipinski definition) is 9. The van der Waals surface area contributed by atoms with Crippen LogP contribution in [0.5, 0.6) is 17.6 Å². The minimum absolute atomic E-state index is 0.0346. The Morgan fingerprint density at radius 1 is 1.02 bits per heavy atom. The number of rotatable bonds is 5. The van der Waals surface area contributed by atoms with Gasteiger partial charge in [-0.25, -0.2) is 31.3 Å². The quantitative estimate of drug-likeness (QED) is 0.171. The molecule has 2 aromatic carbocycles. The van der Waals surface area contributed by atoms with Crippen LogP contribution in [-0.2, 0) is 0 Å². The van der Waals surface area contributed by atoms with Crippen molar-refractivity contribution < 1.29 is 40.9 Å². The van der Waals surface area contributed by atoms with Crippen molar-refractivity contribution in [2.45, 2.75) is 56.4 Å². The zero-order valence-electron chi connectivity index (χ0n) is 25.2. The molecule has 47 heavy (non-hydrogen) atoms. The molecular formula is C32H30F6N6O3. The first kappa shape index (κ1) is 30.2. The molecule has 3 saturated heterocycles. The van der Waals surface area contributed by atoms with E-state index in [1.165, 1.54) is 0 Å². The van der Waals surface area contributed by atoms with Crippen molar-refractivity contribution in [2.75, 3.05) is 44.3 Å². The van der Waals surface area contributed by atoms with Gasteiger partial charge in [0.25, 0.3) is 0 Å². The topological polar surface area (TPSA) is 95.9 Å². The smallest absolute Gasteiger partial charge is 0.319 e. The summed E-state index contributed by atoms with van der Waals surface area (Å²) in [4.78, 5) is 17.5. The molecule has 3 fully saturated rings. The largest absolute Gasteiger partial charge is 0.508 e. The van der Waals surface area contributed by atoms with Gasteiger partial charge in [-0.2, -0.15) is 9.97 Å². The van der Waals surface area contributed by atoms with Gasteiger partial charge in [-0.1, -0.05) is 6.92 Å². The van der Waals surface area contributed by atoms with E-state index < -0.39 is 68.6 Å². The van der Waals surface area contributed by atoms with E-state index in [1.807, 2.05) is 11.8 Å². The van der Waals surface area contributed by atoms with E-state index >= 15 is 8.78 Å². The molecule has 0 aliphatic carbocycles. The molecule has 4 aliphatic heterocycles. The van der Waals surface area contributed by atoms with Gasteiger partial charge in [0, 0.05) is 48.4 Å². The summed E-state index contributed by atoms with van der Waals surface area (Å²) >= 11 is 0. The standard InChI is InChI=1S/C32H30F6N6O3/c1-2-18-19-12-46-30-21-28(26(38)27(40-30)17-9-15(45)8-16-20(17)23(35)25(37)24(36)22(16)34)41-31(42-29(21)44(19)7-5-39-18)47-13-32-4-3-6-43(32)11-14(33)10-32/h8-9,14,18-19,39,45H,2-7,10-13H2,1H3/t14-,18+,19-,32+/m1/s1. The van der Waals surface area contributed by atoms with Crippen LogP contribution in [0.25, 0.3) is 32.9 Å². The Labute approximate surface area is 264 Å². The number of fused-ring (bicyclic) bond motifs is 4. The van der Waals surface area contributed by atoms with Crippen LogP contribution < -0.4 is 19.7 Å². The van der Waals surface area contributed by atoms with Gasteiger partial charge in [-0.3, -0.25) is 4.90 Å². The molecule has 2 N–H and O–H groups in total. The van der Waals surface area contributed by atoms with E-state index in [4.69, 9.17) is 14.5 Å². The number of nitrogens with one attached hydrogen (secondary N) is 1. The maximum absolute atomic E-state index is 16.8. The third kappa shape index (κ3) is 4.56. The summed E-state index contributed by atoms with van der Waals surface area (Å²) in [6.07, 6.45) is 1.62. The van der Waals surface area contributed by atoms with Crippen LogP contribution in [0.3, 0.4) is 0 Å². The highest BCUT2D eigenvalue weighted by molar-refractivity contribution is 6.02. The molecule has 2 aromatic heterocycles. The highest BCUT2D eigenvalue weighted by atomic mass is 19.2. The first-order valence-corrected chi connectivity index (χ1v) is 15.6. The van der Waals surface area contributed by atoms with Crippen molar-refractivity contribution in [3.63, 3.8) is 0 Å². The lowest BCUT2D eigenvalue weighted by molar-refractivity contribution is 0.107. The lowest BCUT2D eigenvalue weighted by atomic mass is 9.95. The summed E-state index contributed by atoms with van der Waals surface area (Å²) < 4.78 is 102. The molecule has 9 nitrogen and oxygen atoms in total. The Kier molecular flexibility index (Phi) is 7.06. The molecule has 15 heteroatoms. The Balaban J connectivity index is 1.34. The lowest BCUT2D eigenvalue weighted by Gasteiger charge is -2.41. The molecule has 0 radical (unpaired) electrons. The number of nitrogens with zero attached hydrogens (tertiary/aromatic N) is 5. The summed E-state index contributed by atoms with van der Waals surface area (Å²) in [5, 5.41) is 12.3. The van der Waals surface area contributed by atoms with Crippen molar-refractivity contribution in [1.82, 2.24) is 25.2 Å². The van der Waals surface area contributed by atoms with E-state index in [-0.39, 0.29) is 54.5 Å². The molecule has 4 aliphatic rings. The summed E-state index contributed by atoms with van der Waals surface area (Å²) in [7, 11) is 0. The number of anilines is 1. The molecule has 0 spiro atoms. The van der Waals surface area contributed by atoms with Crippen molar-refractivity contribution in [3.05, 3.63) is 41.2 Å². The van der Waals surface area contributed by atoms with Crippen LogP contribution >= 0.6 is 0 Å². The second-order valence-corrected chi connectivity index (χ2v) is 12.7. The molecule has 0 saturated carbocycles. The average Bonchev–Trinajstić information content (AvgIpc) is 3.54. The van der Waals surface area contributed by atoms with Crippen LogP contribution in [0.2, 0.25) is 0 Å². The van der Waals surface area contributed by atoms with Crippen LogP contribution in [0, 0.1) is 29.1 Å². The molecule has 6 heterocycles. The first-order valence-electron chi connectivity index (χ1n) is 15.6. The van der Waals surface area contributed by atoms with Gasteiger partial charge >= 0.3 is 6.01 Å². The fourth-order valence-electron chi connectivity index (χ4n) is 7.89. The molecular weight excluding hydrogens is 630 g/mol. The lowest BCUT2D eigenvalue weighted by Crippen LogP contribution is -2.60. The first-order chi connectivity index (χ1) is 22.6. The van der Waals surface area contributed by atoms with Crippen molar-refractivity contribution >= 4 is 27.5 Å². The molecule has 4 atom stereocenters. The summed E-state index contributed by atoms with van der Waals surface area (Å²) in [6.45, 7) is 4.27. The third-order valence-corrected chi connectivity index (χ3v) is 10.1. The highest BCUT2D eigenvalue weighted by Crippen LogP contribution is 2.45. The summed E-state index contributed by atoms with van der Waals surface area (Å²) in [5.74, 6) is -9.37. The van der Waals surface area contributed by atoms with E-state index in [1.54, 1.807) is 0 Å². The predicted molar refractivity (Wildman–Crippen MR) is 159 cm³/mol. The van der Waals surface area contributed by atoms with Gasteiger partial charge in [0.05, 0.1) is 11.6 Å². The SMILES string of the molecule is CC[C@@H]1NCCN2c3nc(OC[C@@]45CCCN4C[C@H](F)C5)nc4c(F)c(-c5cc(O)cc6c(F)c(F)c(F)c(F)c56)nc(c34)OC[C@H]12. The van der Waals surface area contributed by atoms with Gasteiger partial charge in [0.1, 0.15) is 47.5 Å². The normalized spacial score (nSPS) is 25.6. The number of alkyl halides is 1. The van der Waals surface area contributed by atoms with Gasteiger partial charge < -0.3 is 24.8 Å². The number of halogens is 6. The Hall–Kier alpha value is -4.11. The highest BCUT2D eigenvalue weighted by Gasteiger charge is 2.49. The molecule has 0 amide bonds.